The van der Waals surface area contributed by atoms with Crippen LogP contribution in [-0.2, 0) is 11.2 Å². The molecule has 1 aliphatic heterocycles. The summed E-state index contributed by atoms with van der Waals surface area (Å²) in [5.74, 6) is -2.15. The van der Waals surface area contributed by atoms with Crippen molar-refractivity contribution in [2.45, 2.75) is 12.6 Å². The molecule has 12 heteroatoms. The lowest BCUT2D eigenvalue weighted by Gasteiger charge is -2.40. The summed E-state index contributed by atoms with van der Waals surface area (Å²) in [6, 6.07) is 16.1. The number of rotatable bonds is 8. The first kappa shape index (κ1) is 28.3. The fourth-order valence-corrected chi connectivity index (χ4v) is 5.85. The third kappa shape index (κ3) is 5.42. The van der Waals surface area contributed by atoms with Crippen LogP contribution >= 0.6 is 0 Å². The van der Waals surface area contributed by atoms with Gasteiger partial charge in [0, 0.05) is 38.8 Å². The predicted octanol–water partition coefficient (Wildman–Crippen LogP) is 4.96. The van der Waals surface area contributed by atoms with Crippen LogP contribution in [0.4, 0.5) is 14.5 Å². The molecular weight excluding hydrogens is 558 g/mol. The smallest absolute Gasteiger partial charge is 0.337 e. The third-order valence-electron chi connectivity index (χ3n) is 7.99. The van der Waals surface area contributed by atoms with E-state index < -0.39 is 28.7 Å². The molecule has 1 saturated heterocycles. The number of carbonyl (C=O) groups is 1. The van der Waals surface area contributed by atoms with E-state index in [0.29, 0.717) is 66.6 Å². The fourth-order valence-electron chi connectivity index (χ4n) is 5.85. The molecule has 3 aromatic carbocycles. The number of ether oxygens (including phenoxy) is 1. The number of carbonyl (C=O) groups excluding carboxylic acids is 1. The minimum Gasteiger partial charge on any atom is -0.465 e. The maximum absolute atomic E-state index is 13.7. The molecule has 0 saturated carbocycles. The molecule has 1 fully saturated rings. The molecule has 0 amide bonds. The van der Waals surface area contributed by atoms with Gasteiger partial charge in [-0.3, -0.25) is 15.0 Å². The zero-order chi connectivity index (χ0) is 30.1. The van der Waals surface area contributed by atoms with Gasteiger partial charge in [-0.2, -0.15) is 0 Å². The second-order valence-electron chi connectivity index (χ2n) is 10.4. The number of esters is 1. The normalized spacial score (nSPS) is 15.1. The molecule has 220 valence electrons. The van der Waals surface area contributed by atoms with E-state index in [1.807, 2.05) is 22.8 Å². The quantitative estimate of drug-likeness (QED) is 0.143. The highest BCUT2D eigenvalue weighted by molar-refractivity contribution is 6.10. The van der Waals surface area contributed by atoms with Crippen molar-refractivity contribution in [2.24, 2.45) is 0 Å². The monoisotopic (exact) mass is 586 g/mol. The summed E-state index contributed by atoms with van der Waals surface area (Å²) in [5, 5.41) is 12.5. The van der Waals surface area contributed by atoms with Gasteiger partial charge >= 0.3 is 5.97 Å². The Kier molecular flexibility index (Phi) is 7.78. The summed E-state index contributed by atoms with van der Waals surface area (Å²) in [7, 11) is 1.33. The van der Waals surface area contributed by atoms with Gasteiger partial charge < -0.3 is 14.2 Å². The number of aromatic nitrogens is 3. The van der Waals surface area contributed by atoms with Crippen LogP contribution in [0.1, 0.15) is 27.7 Å². The molecule has 0 spiro atoms. The first-order valence-electron chi connectivity index (χ1n) is 13.8. The third-order valence-corrected chi connectivity index (χ3v) is 7.99. The topological polar surface area (TPSA) is 107 Å². The Hall–Kier alpha value is -4.81. The Balaban J connectivity index is 1.37. The van der Waals surface area contributed by atoms with Crippen LogP contribution in [-0.4, -0.2) is 75.1 Å². The van der Waals surface area contributed by atoms with E-state index in [9.17, 15) is 23.7 Å². The summed E-state index contributed by atoms with van der Waals surface area (Å²) >= 11 is 0. The van der Waals surface area contributed by atoms with Gasteiger partial charge in [-0.25, -0.2) is 23.5 Å². The van der Waals surface area contributed by atoms with Crippen molar-refractivity contribution in [1.82, 2.24) is 24.3 Å². The zero-order valence-corrected chi connectivity index (χ0v) is 23.3. The average Bonchev–Trinajstić information content (AvgIpc) is 3.36. The number of benzene rings is 3. The highest BCUT2D eigenvalue weighted by Crippen LogP contribution is 2.39. The maximum atomic E-state index is 13.7. The van der Waals surface area contributed by atoms with Gasteiger partial charge in [0.1, 0.15) is 23.4 Å². The Labute approximate surface area is 245 Å². The van der Waals surface area contributed by atoms with Gasteiger partial charge in [0.25, 0.3) is 5.69 Å². The van der Waals surface area contributed by atoms with Gasteiger partial charge in [-0.05, 0) is 47.9 Å². The number of hydrogen-bond donors (Lipinski definition) is 0. The van der Waals surface area contributed by atoms with E-state index in [2.05, 4.69) is 19.8 Å². The minimum absolute atomic E-state index is 0.0400. The molecule has 0 bridgehead atoms. The summed E-state index contributed by atoms with van der Waals surface area (Å²) in [6.07, 6.45) is 3.24. The summed E-state index contributed by atoms with van der Waals surface area (Å²) in [6.45, 7) is 3.44. The molecular formula is C31H28F2N6O4. The average molecular weight is 587 g/mol. The second kappa shape index (κ2) is 11.8. The molecule has 1 unspecified atom stereocenters. The Morgan fingerprint density at radius 3 is 2.49 bits per heavy atom. The van der Waals surface area contributed by atoms with Gasteiger partial charge in [0.2, 0.25) is 0 Å². The van der Waals surface area contributed by atoms with Crippen molar-refractivity contribution in [3.05, 3.63) is 112 Å². The standard InChI is InChI=1S/C31H28F2N6O4/c1-43-31(40)22-8-6-21(7-9-22)30(37-15-13-36(14-16-37)12-11-20-5-10-23(32)24(33)17-20)38-25-3-2-4-26(39(41)42)28(25)29-27(38)18-34-19-35-29/h2-10,17-19,30H,11-16H2,1H3. The van der Waals surface area contributed by atoms with Gasteiger partial charge in [-0.1, -0.05) is 24.3 Å². The molecule has 1 aliphatic rings. The van der Waals surface area contributed by atoms with E-state index in [1.54, 1.807) is 30.5 Å². The maximum Gasteiger partial charge on any atom is 0.337 e. The van der Waals surface area contributed by atoms with Crippen molar-refractivity contribution in [2.75, 3.05) is 39.8 Å². The molecule has 0 aliphatic carbocycles. The van der Waals surface area contributed by atoms with Crippen LogP contribution in [0.5, 0.6) is 0 Å². The van der Waals surface area contributed by atoms with E-state index >= 15 is 0 Å². The minimum atomic E-state index is -0.858. The van der Waals surface area contributed by atoms with Crippen LogP contribution in [0.25, 0.3) is 21.9 Å². The molecule has 1 atom stereocenters. The first-order valence-corrected chi connectivity index (χ1v) is 13.8. The highest BCUT2D eigenvalue weighted by atomic mass is 19.2. The SMILES string of the molecule is COC(=O)c1ccc(C(N2CCN(CCc3ccc(F)c(F)c3)CC2)n2c3cncnc3c3c([N+](=O)[O-])cccc32)cc1. The summed E-state index contributed by atoms with van der Waals surface area (Å²) in [5.41, 5.74) is 3.75. The number of halogens is 2. The van der Waals surface area contributed by atoms with Crippen molar-refractivity contribution in [1.29, 1.82) is 0 Å². The van der Waals surface area contributed by atoms with Crippen molar-refractivity contribution < 1.29 is 23.2 Å². The molecule has 0 N–H and O–H groups in total. The van der Waals surface area contributed by atoms with Crippen LogP contribution in [0.15, 0.2) is 73.2 Å². The van der Waals surface area contributed by atoms with Crippen LogP contribution < -0.4 is 0 Å². The van der Waals surface area contributed by atoms with Gasteiger partial charge in [-0.15, -0.1) is 0 Å². The molecule has 6 rings (SSSR count). The lowest BCUT2D eigenvalue weighted by atomic mass is 10.1. The van der Waals surface area contributed by atoms with Gasteiger partial charge in [0.15, 0.2) is 11.6 Å². The van der Waals surface area contributed by atoms with Gasteiger partial charge in [0.05, 0.1) is 34.8 Å². The summed E-state index contributed by atoms with van der Waals surface area (Å²) in [4.78, 5) is 37.0. The molecule has 43 heavy (non-hydrogen) atoms. The Bertz CT molecular complexity index is 1820. The summed E-state index contributed by atoms with van der Waals surface area (Å²) < 4.78 is 33.9. The lowest BCUT2D eigenvalue weighted by Crippen LogP contribution is -2.49. The molecule has 10 nitrogen and oxygen atoms in total. The second-order valence-corrected chi connectivity index (χ2v) is 10.4. The van der Waals surface area contributed by atoms with Crippen molar-refractivity contribution in [3.8, 4) is 0 Å². The number of nitro groups is 1. The van der Waals surface area contributed by atoms with E-state index in [1.165, 1.54) is 25.6 Å². The number of piperazine rings is 1. The zero-order valence-electron chi connectivity index (χ0n) is 23.3. The number of fused-ring (bicyclic) bond motifs is 3. The van der Waals surface area contributed by atoms with E-state index in [0.717, 1.165) is 17.2 Å². The van der Waals surface area contributed by atoms with E-state index in [4.69, 9.17) is 4.74 Å². The molecule has 5 aromatic rings. The van der Waals surface area contributed by atoms with Crippen molar-refractivity contribution >= 4 is 33.6 Å². The lowest BCUT2D eigenvalue weighted by molar-refractivity contribution is -0.383. The van der Waals surface area contributed by atoms with Crippen molar-refractivity contribution in [3.63, 3.8) is 0 Å². The van der Waals surface area contributed by atoms with Crippen LogP contribution in [0.3, 0.4) is 0 Å². The Morgan fingerprint density at radius 2 is 1.79 bits per heavy atom. The molecule has 0 radical (unpaired) electrons. The number of non-ortho nitro benzene ring substituents is 1. The number of methoxy groups -OCH3 is 1. The highest BCUT2D eigenvalue weighted by Gasteiger charge is 2.31. The fraction of sp³-hybridized carbons (Fsp3) is 0.258. The molecule has 3 heterocycles. The number of nitrogens with zero attached hydrogens (tertiary/aromatic N) is 6. The van der Waals surface area contributed by atoms with Crippen LogP contribution in [0.2, 0.25) is 0 Å². The first-order chi connectivity index (χ1) is 20.9. The number of hydrogen-bond acceptors (Lipinski definition) is 8. The predicted molar refractivity (Wildman–Crippen MR) is 156 cm³/mol. The number of nitro benzene ring substituents is 1. The Morgan fingerprint density at radius 1 is 1.02 bits per heavy atom. The molecule has 2 aromatic heterocycles. The van der Waals surface area contributed by atoms with Crippen LogP contribution in [0, 0.1) is 21.7 Å². The van der Waals surface area contributed by atoms with E-state index in [-0.39, 0.29) is 5.69 Å². The largest absolute Gasteiger partial charge is 0.465 e.